The van der Waals surface area contributed by atoms with E-state index in [0.717, 1.165) is 16.6 Å². The van der Waals surface area contributed by atoms with E-state index in [1.165, 1.54) is 5.56 Å². The van der Waals surface area contributed by atoms with Gasteiger partial charge in [-0.1, -0.05) is 56.6 Å². The highest BCUT2D eigenvalue weighted by molar-refractivity contribution is 9.10. The van der Waals surface area contributed by atoms with Crippen molar-refractivity contribution in [1.29, 1.82) is 0 Å². The van der Waals surface area contributed by atoms with Gasteiger partial charge in [-0.15, -0.1) is 0 Å². The van der Waals surface area contributed by atoms with Crippen molar-refractivity contribution in [3.05, 3.63) is 28.2 Å². The Hall–Kier alpha value is -0.853. The maximum atomic E-state index is 13.0. The molecule has 1 heterocycles. The van der Waals surface area contributed by atoms with Crippen molar-refractivity contribution < 1.29 is 9.22 Å². The van der Waals surface area contributed by atoms with Crippen LogP contribution in [0.3, 0.4) is 0 Å². The number of anilines is 1. The Morgan fingerprint density at radius 1 is 1.33 bits per heavy atom. The molecule has 1 aliphatic rings. The monoisotopic (exact) mass is 454 g/mol. The second-order valence-corrected chi connectivity index (χ2v) is 15.3. The first-order chi connectivity index (χ1) is 12.3. The maximum absolute atomic E-state index is 13.0. The molecule has 152 valence electrons. The number of carbonyl (C=O) groups is 1. The molecular weight excluding hydrogens is 420 g/mol. The van der Waals surface area contributed by atoms with Gasteiger partial charge in [0.1, 0.15) is 6.04 Å². The molecule has 0 saturated carbocycles. The first-order valence-corrected chi connectivity index (χ1v) is 13.5. The number of fused-ring (bicyclic) bond motifs is 1. The Morgan fingerprint density at radius 2 is 1.96 bits per heavy atom. The molecule has 1 N–H and O–H groups in total. The van der Waals surface area contributed by atoms with Gasteiger partial charge in [-0.05, 0) is 48.2 Å². The molecule has 27 heavy (non-hydrogen) atoms. The third kappa shape index (κ3) is 5.15. The summed E-state index contributed by atoms with van der Waals surface area (Å²) in [5.41, 5.74) is 2.37. The Kier molecular flexibility index (Phi) is 6.86. The normalized spacial score (nSPS) is 21.6. The molecule has 0 bridgehead atoms. The lowest BCUT2D eigenvalue weighted by atomic mass is 9.95. The molecule has 0 spiro atoms. The average Bonchev–Trinajstić information content (AvgIpc) is 2.51. The predicted molar refractivity (Wildman–Crippen MR) is 120 cm³/mol. The minimum Gasteiger partial charge on any atom is -0.415 e. The number of amides is 1. The van der Waals surface area contributed by atoms with Crippen molar-refractivity contribution in [1.82, 2.24) is 5.32 Å². The number of hydrogen-bond acceptors (Lipinski definition) is 3. The quantitative estimate of drug-likeness (QED) is 0.652. The molecule has 2 rings (SSSR count). The Labute approximate surface area is 174 Å². The van der Waals surface area contributed by atoms with Crippen molar-refractivity contribution in [2.45, 2.75) is 71.3 Å². The predicted octanol–water partition coefficient (Wildman–Crippen LogP) is 4.97. The number of likely N-dealkylation sites (N-methyl/N-ethyl adjacent to an activating group) is 1. The number of hydrogen-bond donors (Lipinski definition) is 1. The van der Waals surface area contributed by atoms with Gasteiger partial charge >= 0.3 is 0 Å². The average molecular weight is 456 g/mol. The molecule has 1 aliphatic heterocycles. The number of halogens is 1. The van der Waals surface area contributed by atoms with Gasteiger partial charge in [0.05, 0.1) is 12.6 Å². The van der Waals surface area contributed by atoms with Gasteiger partial charge in [0, 0.05) is 17.2 Å². The van der Waals surface area contributed by atoms with Crippen LogP contribution in [0.15, 0.2) is 22.7 Å². The molecule has 4 nitrogen and oxygen atoms in total. The molecule has 0 saturated heterocycles. The summed E-state index contributed by atoms with van der Waals surface area (Å²) in [6, 6.07) is 6.14. The van der Waals surface area contributed by atoms with E-state index >= 15 is 0 Å². The van der Waals surface area contributed by atoms with Crippen molar-refractivity contribution in [3.63, 3.8) is 0 Å². The maximum Gasteiger partial charge on any atom is 0.243 e. The van der Waals surface area contributed by atoms with Crippen LogP contribution in [0, 0.1) is 5.92 Å². The molecule has 0 fully saturated rings. The van der Waals surface area contributed by atoms with Crippen molar-refractivity contribution in [3.8, 4) is 0 Å². The smallest absolute Gasteiger partial charge is 0.243 e. The van der Waals surface area contributed by atoms with Crippen LogP contribution in [0.4, 0.5) is 5.69 Å². The number of benzene rings is 1. The van der Waals surface area contributed by atoms with Crippen LogP contribution in [0.5, 0.6) is 0 Å². The van der Waals surface area contributed by atoms with E-state index in [1.807, 2.05) is 7.05 Å². The van der Waals surface area contributed by atoms with Crippen LogP contribution in [0.2, 0.25) is 18.1 Å². The van der Waals surface area contributed by atoms with E-state index < -0.39 is 8.32 Å². The molecule has 0 aliphatic carbocycles. The lowest BCUT2D eigenvalue weighted by Crippen LogP contribution is -2.55. The lowest BCUT2D eigenvalue weighted by Gasteiger charge is -2.40. The summed E-state index contributed by atoms with van der Waals surface area (Å²) in [5, 5.41) is 3.42. The molecule has 0 aromatic heterocycles. The van der Waals surface area contributed by atoms with Gasteiger partial charge in [-0.25, -0.2) is 0 Å². The topological polar surface area (TPSA) is 41.6 Å². The van der Waals surface area contributed by atoms with Gasteiger partial charge < -0.3 is 14.6 Å². The van der Waals surface area contributed by atoms with Crippen molar-refractivity contribution >= 4 is 35.8 Å². The van der Waals surface area contributed by atoms with Crippen LogP contribution in [0.1, 0.15) is 40.2 Å². The highest BCUT2D eigenvalue weighted by Gasteiger charge is 2.38. The Morgan fingerprint density at radius 3 is 2.52 bits per heavy atom. The SMILES string of the molecule is CC(C)[C@H]1C(=O)N[C@H](CO[Si](C)(C)C(C)(C)C)Cc2ccc(Br)cc2N1C. The van der Waals surface area contributed by atoms with E-state index in [0.29, 0.717) is 6.61 Å². The molecule has 6 heteroatoms. The second kappa shape index (κ2) is 8.25. The summed E-state index contributed by atoms with van der Waals surface area (Å²) >= 11 is 3.58. The molecule has 1 aromatic rings. The molecular formula is C21H35BrN2O2Si. The first-order valence-electron chi connectivity index (χ1n) is 9.79. The van der Waals surface area contributed by atoms with Gasteiger partial charge in [-0.2, -0.15) is 0 Å². The third-order valence-electron chi connectivity index (χ3n) is 6.01. The summed E-state index contributed by atoms with van der Waals surface area (Å²) < 4.78 is 7.47. The Balaban J connectivity index is 2.33. The summed E-state index contributed by atoms with van der Waals surface area (Å²) in [6.45, 7) is 16.0. The lowest BCUT2D eigenvalue weighted by molar-refractivity contribution is -0.124. The fourth-order valence-corrected chi connectivity index (χ4v) is 4.74. The van der Waals surface area contributed by atoms with Gasteiger partial charge in [0.25, 0.3) is 0 Å². The number of nitrogens with zero attached hydrogens (tertiary/aromatic N) is 1. The Bertz CT molecular complexity index is 685. The van der Waals surface area contributed by atoms with Crippen LogP contribution in [-0.2, 0) is 15.6 Å². The highest BCUT2D eigenvalue weighted by Crippen LogP contribution is 2.37. The van der Waals surface area contributed by atoms with E-state index in [4.69, 9.17) is 4.43 Å². The number of nitrogens with one attached hydrogen (secondary N) is 1. The fourth-order valence-electron chi connectivity index (χ4n) is 3.34. The van der Waals surface area contributed by atoms with Gasteiger partial charge in [-0.3, -0.25) is 4.79 Å². The van der Waals surface area contributed by atoms with Gasteiger partial charge in [0.2, 0.25) is 5.91 Å². The summed E-state index contributed by atoms with van der Waals surface area (Å²) in [4.78, 5) is 15.2. The van der Waals surface area contributed by atoms with Crippen LogP contribution in [0.25, 0.3) is 0 Å². The zero-order chi connectivity index (χ0) is 20.6. The van der Waals surface area contributed by atoms with E-state index in [-0.39, 0.29) is 28.9 Å². The van der Waals surface area contributed by atoms with Crippen LogP contribution >= 0.6 is 15.9 Å². The molecule has 0 radical (unpaired) electrons. The van der Waals surface area contributed by atoms with Crippen molar-refractivity contribution in [2.24, 2.45) is 5.92 Å². The number of carbonyl (C=O) groups excluding carboxylic acids is 1. The molecule has 2 atom stereocenters. The van der Waals surface area contributed by atoms with E-state index in [9.17, 15) is 4.79 Å². The standard InChI is InChI=1S/C21H35BrN2O2Si/c1-14(2)19-20(25)23-17(13-26-27(7,8)21(3,4)5)11-15-9-10-16(22)12-18(15)24(19)6/h9-10,12,14,17,19H,11,13H2,1-8H3,(H,23,25)/t17-,19-/m0/s1. The fraction of sp³-hybridized carbons (Fsp3) is 0.667. The molecule has 0 unspecified atom stereocenters. The van der Waals surface area contributed by atoms with Crippen molar-refractivity contribution in [2.75, 3.05) is 18.6 Å². The zero-order valence-electron chi connectivity index (χ0n) is 18.0. The highest BCUT2D eigenvalue weighted by atomic mass is 79.9. The van der Waals surface area contributed by atoms with E-state index in [1.54, 1.807) is 0 Å². The second-order valence-electron chi connectivity index (χ2n) is 9.55. The van der Waals surface area contributed by atoms with Gasteiger partial charge in [0.15, 0.2) is 8.32 Å². The molecule has 1 amide bonds. The minimum absolute atomic E-state index is 0.0125. The third-order valence-corrected chi connectivity index (χ3v) is 11.0. The summed E-state index contributed by atoms with van der Waals surface area (Å²) in [7, 11) is 0.154. The minimum atomic E-state index is -1.86. The summed E-state index contributed by atoms with van der Waals surface area (Å²) in [5.74, 6) is 0.295. The molecule has 1 aromatic carbocycles. The number of rotatable bonds is 4. The first kappa shape index (κ1) is 22.4. The van der Waals surface area contributed by atoms with Crippen LogP contribution in [-0.4, -0.2) is 40.0 Å². The summed E-state index contributed by atoms with van der Waals surface area (Å²) in [6.07, 6.45) is 0.776. The van der Waals surface area contributed by atoms with Crippen LogP contribution < -0.4 is 10.2 Å². The van der Waals surface area contributed by atoms with E-state index in [2.05, 4.69) is 92.1 Å². The largest absolute Gasteiger partial charge is 0.415 e. The zero-order valence-corrected chi connectivity index (χ0v) is 20.6.